The molecule has 6 nitrogen and oxygen atoms in total. The molecule has 3 N–H and O–H groups in total. The first-order chi connectivity index (χ1) is 9.45. The van der Waals surface area contributed by atoms with Gasteiger partial charge in [0.15, 0.2) is 0 Å². The number of aliphatic hydroxyl groups excluding tert-OH is 1. The molecule has 0 atom stereocenters. The zero-order chi connectivity index (χ0) is 14.8. The van der Waals surface area contributed by atoms with Crippen LogP contribution in [0.2, 0.25) is 0 Å². The van der Waals surface area contributed by atoms with Crippen molar-refractivity contribution in [2.24, 2.45) is 0 Å². The van der Waals surface area contributed by atoms with Crippen LogP contribution in [0.4, 0.5) is 10.1 Å². The Bertz CT molecular complexity index is 571. The molecule has 1 aliphatic heterocycles. The zero-order valence-corrected chi connectivity index (χ0v) is 11.8. The highest BCUT2D eigenvalue weighted by Gasteiger charge is 2.29. The van der Waals surface area contributed by atoms with Crippen molar-refractivity contribution < 1.29 is 17.9 Å². The molecular formula is C12H18FN3O3S. The van der Waals surface area contributed by atoms with Crippen LogP contribution in [0.1, 0.15) is 0 Å². The fraction of sp³-hybridized carbons (Fsp3) is 0.500. The molecule has 1 aromatic rings. The summed E-state index contributed by atoms with van der Waals surface area (Å²) in [4.78, 5) is 1.93. The number of halogens is 1. The minimum absolute atomic E-state index is 0.0532. The van der Waals surface area contributed by atoms with Gasteiger partial charge >= 0.3 is 0 Å². The fourth-order valence-electron chi connectivity index (χ4n) is 2.23. The number of hydrogen-bond acceptors (Lipinski definition) is 5. The summed E-state index contributed by atoms with van der Waals surface area (Å²) < 4.78 is 39.2. The summed E-state index contributed by atoms with van der Waals surface area (Å²) in [5.41, 5.74) is 5.52. The van der Waals surface area contributed by atoms with Gasteiger partial charge in [0.2, 0.25) is 10.0 Å². The van der Waals surface area contributed by atoms with Gasteiger partial charge in [0.25, 0.3) is 0 Å². The van der Waals surface area contributed by atoms with Crippen molar-refractivity contribution in [2.45, 2.75) is 4.90 Å². The van der Waals surface area contributed by atoms with Crippen molar-refractivity contribution in [1.82, 2.24) is 9.21 Å². The number of anilines is 1. The molecule has 0 spiro atoms. The monoisotopic (exact) mass is 303 g/mol. The average Bonchev–Trinajstić information content (AvgIpc) is 2.39. The maximum absolute atomic E-state index is 13.0. The Morgan fingerprint density at radius 1 is 1.25 bits per heavy atom. The van der Waals surface area contributed by atoms with E-state index in [-0.39, 0.29) is 17.2 Å². The molecule has 1 fully saturated rings. The van der Waals surface area contributed by atoms with Gasteiger partial charge in [0, 0.05) is 32.7 Å². The Labute approximate surface area is 117 Å². The highest BCUT2D eigenvalue weighted by atomic mass is 32.2. The van der Waals surface area contributed by atoms with E-state index in [2.05, 4.69) is 0 Å². The van der Waals surface area contributed by atoms with Crippen molar-refractivity contribution in [3.05, 3.63) is 24.0 Å². The molecular weight excluding hydrogens is 285 g/mol. The Morgan fingerprint density at radius 2 is 1.90 bits per heavy atom. The van der Waals surface area contributed by atoms with Gasteiger partial charge in [0.1, 0.15) is 10.7 Å². The lowest BCUT2D eigenvalue weighted by atomic mass is 10.3. The molecule has 0 amide bonds. The van der Waals surface area contributed by atoms with Gasteiger partial charge in [-0.25, -0.2) is 12.8 Å². The van der Waals surface area contributed by atoms with Crippen LogP contribution in [0.25, 0.3) is 0 Å². The summed E-state index contributed by atoms with van der Waals surface area (Å²) in [6, 6.07) is 3.29. The first-order valence-corrected chi connectivity index (χ1v) is 7.77. The molecule has 0 aliphatic carbocycles. The van der Waals surface area contributed by atoms with Gasteiger partial charge in [-0.1, -0.05) is 0 Å². The van der Waals surface area contributed by atoms with Crippen LogP contribution >= 0.6 is 0 Å². The summed E-state index contributed by atoms with van der Waals surface area (Å²) in [6.07, 6.45) is 0. The number of β-amino-alcohol motifs (C(OH)–C–C–N with tert-alkyl or cyclic N) is 1. The van der Waals surface area contributed by atoms with Crippen LogP contribution in [0.15, 0.2) is 23.1 Å². The molecule has 20 heavy (non-hydrogen) atoms. The quantitative estimate of drug-likeness (QED) is 0.746. The SMILES string of the molecule is Nc1cc(F)ccc1S(=O)(=O)N1CCN(CCO)CC1. The molecule has 0 saturated carbocycles. The lowest BCUT2D eigenvalue weighted by molar-refractivity contribution is 0.151. The lowest BCUT2D eigenvalue weighted by Crippen LogP contribution is -2.49. The highest BCUT2D eigenvalue weighted by molar-refractivity contribution is 7.89. The molecule has 1 saturated heterocycles. The molecule has 0 unspecified atom stereocenters. The van der Waals surface area contributed by atoms with E-state index in [0.717, 1.165) is 12.1 Å². The third-order valence-electron chi connectivity index (χ3n) is 3.34. The standard InChI is InChI=1S/C12H18FN3O3S/c13-10-1-2-12(11(14)9-10)20(18,19)16-5-3-15(4-6-16)7-8-17/h1-2,9,17H,3-8,14H2. The number of hydrogen-bond donors (Lipinski definition) is 2. The van der Waals surface area contributed by atoms with E-state index >= 15 is 0 Å². The fourth-order valence-corrected chi connectivity index (χ4v) is 3.75. The smallest absolute Gasteiger partial charge is 0.245 e. The largest absolute Gasteiger partial charge is 0.398 e. The third-order valence-corrected chi connectivity index (χ3v) is 5.31. The number of nitrogens with two attached hydrogens (primary N) is 1. The van der Waals surface area contributed by atoms with Gasteiger partial charge < -0.3 is 10.8 Å². The van der Waals surface area contributed by atoms with Crippen LogP contribution in [-0.4, -0.2) is 62.1 Å². The van der Waals surface area contributed by atoms with E-state index in [1.54, 1.807) is 0 Å². The molecule has 2 rings (SSSR count). The number of aliphatic hydroxyl groups is 1. The number of sulfonamides is 1. The molecule has 0 radical (unpaired) electrons. The second-order valence-electron chi connectivity index (χ2n) is 4.65. The van der Waals surface area contributed by atoms with Crippen molar-refractivity contribution in [1.29, 1.82) is 0 Å². The summed E-state index contributed by atoms with van der Waals surface area (Å²) in [6.45, 7) is 2.37. The Balaban J connectivity index is 2.15. The van der Waals surface area contributed by atoms with Crippen molar-refractivity contribution in [3.63, 3.8) is 0 Å². The third kappa shape index (κ3) is 3.09. The first kappa shape index (κ1) is 15.2. The maximum atomic E-state index is 13.0. The first-order valence-electron chi connectivity index (χ1n) is 6.33. The van der Waals surface area contributed by atoms with Gasteiger partial charge in [0.05, 0.1) is 12.3 Å². The second kappa shape index (κ2) is 6.04. The number of nitrogens with zero attached hydrogens (tertiary/aromatic N) is 2. The molecule has 1 aromatic carbocycles. The minimum Gasteiger partial charge on any atom is -0.398 e. The summed E-state index contributed by atoms with van der Waals surface area (Å²) in [7, 11) is -3.70. The van der Waals surface area contributed by atoms with E-state index in [1.807, 2.05) is 4.90 Å². The summed E-state index contributed by atoms with van der Waals surface area (Å²) in [5.74, 6) is -0.561. The van der Waals surface area contributed by atoms with Crippen LogP contribution in [0, 0.1) is 5.82 Å². The van der Waals surface area contributed by atoms with Crippen LogP contribution in [0.3, 0.4) is 0 Å². The van der Waals surface area contributed by atoms with E-state index in [0.29, 0.717) is 32.7 Å². The van der Waals surface area contributed by atoms with Gasteiger partial charge in [-0.2, -0.15) is 4.31 Å². The Kier molecular flexibility index (Phi) is 4.59. The average molecular weight is 303 g/mol. The molecule has 8 heteroatoms. The van der Waals surface area contributed by atoms with Crippen molar-refractivity contribution in [2.75, 3.05) is 45.1 Å². The Morgan fingerprint density at radius 3 is 2.45 bits per heavy atom. The van der Waals surface area contributed by atoms with E-state index in [4.69, 9.17) is 10.8 Å². The van der Waals surface area contributed by atoms with Crippen LogP contribution < -0.4 is 5.73 Å². The van der Waals surface area contributed by atoms with Crippen molar-refractivity contribution in [3.8, 4) is 0 Å². The second-order valence-corrected chi connectivity index (χ2v) is 6.56. The zero-order valence-electron chi connectivity index (χ0n) is 11.0. The highest BCUT2D eigenvalue weighted by Crippen LogP contribution is 2.24. The molecule has 1 heterocycles. The molecule has 0 aromatic heterocycles. The summed E-state index contributed by atoms with van der Waals surface area (Å²) in [5, 5.41) is 8.86. The van der Waals surface area contributed by atoms with Gasteiger partial charge in [-0.3, -0.25) is 4.90 Å². The number of benzene rings is 1. The van der Waals surface area contributed by atoms with E-state index in [1.165, 1.54) is 10.4 Å². The molecule has 1 aliphatic rings. The normalized spacial score (nSPS) is 18.3. The number of nitrogen functional groups attached to an aromatic ring is 1. The topological polar surface area (TPSA) is 86.9 Å². The summed E-state index contributed by atoms with van der Waals surface area (Å²) >= 11 is 0. The van der Waals surface area contributed by atoms with Crippen molar-refractivity contribution >= 4 is 15.7 Å². The molecule has 0 bridgehead atoms. The number of piperazine rings is 1. The van der Waals surface area contributed by atoms with Gasteiger partial charge in [-0.15, -0.1) is 0 Å². The van der Waals surface area contributed by atoms with Gasteiger partial charge in [-0.05, 0) is 18.2 Å². The minimum atomic E-state index is -3.70. The Hall–Kier alpha value is -1.22. The maximum Gasteiger partial charge on any atom is 0.245 e. The lowest BCUT2D eigenvalue weighted by Gasteiger charge is -2.33. The number of rotatable bonds is 4. The van der Waals surface area contributed by atoms with E-state index < -0.39 is 15.8 Å². The predicted molar refractivity (Wildman–Crippen MR) is 73.1 cm³/mol. The van der Waals surface area contributed by atoms with Crippen LogP contribution in [0.5, 0.6) is 0 Å². The predicted octanol–water partition coefficient (Wildman–Crippen LogP) is -0.294. The van der Waals surface area contributed by atoms with Crippen LogP contribution in [-0.2, 0) is 10.0 Å². The van der Waals surface area contributed by atoms with E-state index in [9.17, 15) is 12.8 Å². The molecule has 112 valence electrons.